The molecule has 1 unspecified atom stereocenters. The third-order valence-electron chi connectivity index (χ3n) is 3.22. The molecule has 6 heteroatoms. The summed E-state index contributed by atoms with van der Waals surface area (Å²) >= 11 is 0. The first-order valence-electron chi connectivity index (χ1n) is 6.68. The molecule has 0 saturated heterocycles. The summed E-state index contributed by atoms with van der Waals surface area (Å²) in [5.74, 6) is 0.693. The lowest BCUT2D eigenvalue weighted by atomic mass is 10.2. The van der Waals surface area contributed by atoms with Crippen molar-refractivity contribution in [3.05, 3.63) is 22.2 Å². The highest BCUT2D eigenvalue weighted by molar-refractivity contribution is 5.61. The van der Waals surface area contributed by atoms with Gasteiger partial charge in [-0.25, -0.2) is 4.98 Å². The normalized spacial score (nSPS) is 12.2. The molecule has 1 rings (SSSR count). The molecular weight excluding hydrogens is 244 g/mol. The Bertz CT molecular complexity index is 437. The van der Waals surface area contributed by atoms with Gasteiger partial charge in [0.1, 0.15) is 5.82 Å². The van der Waals surface area contributed by atoms with Crippen molar-refractivity contribution in [2.24, 2.45) is 0 Å². The number of hydrogen-bond acceptors (Lipinski definition) is 5. The summed E-state index contributed by atoms with van der Waals surface area (Å²) in [7, 11) is 0. The maximum absolute atomic E-state index is 11.1. The molecule has 106 valence electrons. The Hall–Kier alpha value is -1.85. The van der Waals surface area contributed by atoms with Crippen LogP contribution in [0.1, 0.15) is 40.0 Å². The Labute approximate surface area is 113 Å². The molecule has 0 spiro atoms. The van der Waals surface area contributed by atoms with Gasteiger partial charge in [-0.15, -0.1) is 0 Å². The smallest absolute Gasteiger partial charge is 0.311 e. The van der Waals surface area contributed by atoms with E-state index in [1.807, 2.05) is 11.8 Å². The van der Waals surface area contributed by atoms with E-state index >= 15 is 0 Å². The number of aromatic nitrogens is 1. The molecule has 6 nitrogen and oxygen atoms in total. The summed E-state index contributed by atoms with van der Waals surface area (Å²) in [5, 5.41) is 11.1. The molecule has 0 aliphatic rings. The second-order valence-corrected chi connectivity index (χ2v) is 4.64. The largest absolute Gasteiger partial charge is 0.384 e. The molecule has 1 aromatic heterocycles. The van der Waals surface area contributed by atoms with E-state index in [0.29, 0.717) is 11.6 Å². The highest BCUT2D eigenvalue weighted by atomic mass is 16.6. The molecule has 1 atom stereocenters. The van der Waals surface area contributed by atoms with Crippen LogP contribution in [0, 0.1) is 10.1 Å². The molecular formula is C13H22N4O2. The van der Waals surface area contributed by atoms with Crippen LogP contribution >= 0.6 is 0 Å². The summed E-state index contributed by atoms with van der Waals surface area (Å²) in [6.07, 6.45) is 2.90. The Morgan fingerprint density at radius 3 is 2.68 bits per heavy atom. The quantitative estimate of drug-likeness (QED) is 0.605. The summed E-state index contributed by atoms with van der Waals surface area (Å²) in [6.45, 7) is 6.95. The number of nitro groups is 1. The van der Waals surface area contributed by atoms with Crippen LogP contribution in [-0.4, -0.2) is 22.5 Å². The zero-order valence-corrected chi connectivity index (χ0v) is 11.8. The van der Waals surface area contributed by atoms with Crippen molar-refractivity contribution >= 4 is 17.3 Å². The van der Waals surface area contributed by atoms with E-state index in [4.69, 9.17) is 5.73 Å². The van der Waals surface area contributed by atoms with E-state index in [0.717, 1.165) is 25.8 Å². The van der Waals surface area contributed by atoms with Crippen molar-refractivity contribution in [3.8, 4) is 0 Å². The van der Waals surface area contributed by atoms with Crippen LogP contribution in [0.15, 0.2) is 12.1 Å². The number of nitrogen functional groups attached to an aromatic ring is 1. The van der Waals surface area contributed by atoms with Gasteiger partial charge < -0.3 is 10.6 Å². The van der Waals surface area contributed by atoms with Crippen molar-refractivity contribution in [2.75, 3.05) is 17.2 Å². The molecule has 0 saturated carbocycles. The predicted octanol–water partition coefficient (Wildman–Crippen LogP) is 2.98. The van der Waals surface area contributed by atoms with Gasteiger partial charge in [-0.1, -0.05) is 20.3 Å². The molecule has 2 N–H and O–H groups in total. The summed E-state index contributed by atoms with van der Waals surface area (Å²) in [4.78, 5) is 16.9. The predicted molar refractivity (Wildman–Crippen MR) is 77.3 cm³/mol. The van der Waals surface area contributed by atoms with Gasteiger partial charge in [0.2, 0.25) is 5.82 Å². The Morgan fingerprint density at radius 2 is 2.16 bits per heavy atom. The zero-order valence-electron chi connectivity index (χ0n) is 11.8. The topological polar surface area (TPSA) is 85.3 Å². The Kier molecular flexibility index (Phi) is 5.54. The van der Waals surface area contributed by atoms with Crippen LogP contribution in [0.2, 0.25) is 0 Å². The minimum Gasteiger partial charge on any atom is -0.384 e. The van der Waals surface area contributed by atoms with Gasteiger partial charge >= 0.3 is 5.69 Å². The average Bonchev–Trinajstić information content (AvgIpc) is 2.38. The fourth-order valence-corrected chi connectivity index (χ4v) is 1.89. The number of pyridine rings is 1. The van der Waals surface area contributed by atoms with Crippen LogP contribution < -0.4 is 10.6 Å². The molecule has 1 aromatic rings. The van der Waals surface area contributed by atoms with Crippen molar-refractivity contribution in [3.63, 3.8) is 0 Å². The molecule has 0 amide bonds. The summed E-state index contributed by atoms with van der Waals surface area (Å²) in [6, 6.07) is 3.09. The molecule has 0 bridgehead atoms. The van der Waals surface area contributed by atoms with Crippen LogP contribution in [0.4, 0.5) is 17.3 Å². The minimum absolute atomic E-state index is 0.0191. The molecule has 1 heterocycles. The second-order valence-electron chi connectivity index (χ2n) is 4.64. The first kappa shape index (κ1) is 15.2. The zero-order chi connectivity index (χ0) is 14.4. The fraction of sp³-hybridized carbons (Fsp3) is 0.615. The van der Waals surface area contributed by atoms with Gasteiger partial charge in [-0.05, 0) is 25.8 Å². The number of hydrogen-bond donors (Lipinski definition) is 1. The Balaban J connectivity index is 3.19. The molecule has 0 fully saturated rings. The summed E-state index contributed by atoms with van der Waals surface area (Å²) in [5.41, 5.74) is 5.69. The number of nitrogens with two attached hydrogens (primary N) is 1. The molecule has 0 radical (unpaired) electrons. The highest BCUT2D eigenvalue weighted by Gasteiger charge is 2.24. The molecule has 19 heavy (non-hydrogen) atoms. The van der Waals surface area contributed by atoms with Crippen LogP contribution in [-0.2, 0) is 0 Å². The van der Waals surface area contributed by atoms with Crippen molar-refractivity contribution in [1.82, 2.24) is 4.98 Å². The third-order valence-corrected chi connectivity index (χ3v) is 3.22. The monoisotopic (exact) mass is 266 g/mol. The van der Waals surface area contributed by atoms with Crippen molar-refractivity contribution < 1.29 is 4.92 Å². The lowest BCUT2D eigenvalue weighted by Crippen LogP contribution is -2.34. The van der Waals surface area contributed by atoms with E-state index in [1.165, 1.54) is 12.1 Å². The molecule has 0 aliphatic carbocycles. The maximum Gasteiger partial charge on any atom is 0.311 e. The van der Waals surface area contributed by atoms with E-state index < -0.39 is 4.92 Å². The van der Waals surface area contributed by atoms with Crippen LogP contribution in [0.5, 0.6) is 0 Å². The average molecular weight is 266 g/mol. The molecule has 0 aromatic carbocycles. The summed E-state index contributed by atoms with van der Waals surface area (Å²) < 4.78 is 0. The number of rotatable bonds is 7. The van der Waals surface area contributed by atoms with Crippen molar-refractivity contribution in [1.29, 1.82) is 0 Å². The van der Waals surface area contributed by atoms with Gasteiger partial charge in [-0.3, -0.25) is 10.1 Å². The van der Waals surface area contributed by atoms with Gasteiger partial charge in [0.15, 0.2) is 0 Å². The highest BCUT2D eigenvalue weighted by Crippen LogP contribution is 2.29. The van der Waals surface area contributed by atoms with Gasteiger partial charge in [0.05, 0.1) is 4.92 Å². The SMILES string of the molecule is CCCCN(c1nc(N)ccc1[N+](=O)[O-])C(C)CC. The maximum atomic E-state index is 11.1. The number of unbranched alkanes of at least 4 members (excludes halogenated alkanes) is 1. The standard InChI is InChI=1S/C13H22N4O2/c1-4-6-9-16(10(3)5-2)13-11(17(18)19)7-8-12(14)15-13/h7-8,10H,4-6,9H2,1-3H3,(H2,14,15). The third kappa shape index (κ3) is 3.81. The van der Waals surface area contributed by atoms with E-state index in [2.05, 4.69) is 18.8 Å². The van der Waals surface area contributed by atoms with Gasteiger partial charge in [-0.2, -0.15) is 0 Å². The van der Waals surface area contributed by atoms with Gasteiger partial charge in [0, 0.05) is 18.7 Å². The lowest BCUT2D eigenvalue weighted by molar-refractivity contribution is -0.384. The Morgan fingerprint density at radius 1 is 1.47 bits per heavy atom. The lowest BCUT2D eigenvalue weighted by Gasteiger charge is -2.29. The fourth-order valence-electron chi connectivity index (χ4n) is 1.89. The van der Waals surface area contributed by atoms with Crippen LogP contribution in [0.3, 0.4) is 0 Å². The molecule has 0 aliphatic heterocycles. The number of anilines is 2. The van der Waals surface area contributed by atoms with E-state index in [1.54, 1.807) is 0 Å². The first-order chi connectivity index (χ1) is 9.01. The van der Waals surface area contributed by atoms with E-state index in [-0.39, 0.29) is 11.7 Å². The number of nitrogens with zero attached hydrogens (tertiary/aromatic N) is 3. The first-order valence-corrected chi connectivity index (χ1v) is 6.68. The van der Waals surface area contributed by atoms with Crippen molar-refractivity contribution in [2.45, 2.75) is 46.1 Å². The second kappa shape index (κ2) is 6.92. The van der Waals surface area contributed by atoms with Gasteiger partial charge in [0.25, 0.3) is 0 Å². The van der Waals surface area contributed by atoms with E-state index in [9.17, 15) is 10.1 Å². The van der Waals surface area contributed by atoms with Crippen LogP contribution in [0.25, 0.3) is 0 Å². The minimum atomic E-state index is -0.400.